The number of hydrogen-bond acceptors (Lipinski definition) is 7. The number of carbonyl (C=O) groups is 1. The van der Waals surface area contributed by atoms with Crippen molar-refractivity contribution in [3.63, 3.8) is 0 Å². The van der Waals surface area contributed by atoms with Crippen LogP contribution in [-0.2, 0) is 17.8 Å². The highest BCUT2D eigenvalue weighted by Gasteiger charge is 2.27. The number of rotatable bonds is 7. The molecule has 1 aliphatic rings. The van der Waals surface area contributed by atoms with Gasteiger partial charge in [-0.1, -0.05) is 6.07 Å². The number of aryl methyl sites for hydroxylation is 1. The van der Waals surface area contributed by atoms with Crippen LogP contribution in [0.4, 0.5) is 10.1 Å². The summed E-state index contributed by atoms with van der Waals surface area (Å²) in [6.07, 6.45) is 2.33. The van der Waals surface area contributed by atoms with E-state index in [1.54, 1.807) is 25.7 Å². The fraction of sp³-hybridized carbons (Fsp3) is 0.333. The number of carboxylic acids is 1. The summed E-state index contributed by atoms with van der Waals surface area (Å²) in [5.74, 6) is -0.991. The Morgan fingerprint density at radius 2 is 1.97 bits per heavy atom. The van der Waals surface area contributed by atoms with E-state index in [2.05, 4.69) is 0 Å². The third-order valence-electron chi connectivity index (χ3n) is 5.82. The lowest BCUT2D eigenvalue weighted by Gasteiger charge is -2.21. The fourth-order valence-corrected chi connectivity index (χ4v) is 4.13. The Morgan fingerprint density at radius 3 is 2.64 bits per heavy atom. The van der Waals surface area contributed by atoms with Gasteiger partial charge in [-0.25, -0.2) is 4.39 Å². The molecule has 0 bridgehead atoms. The van der Waals surface area contributed by atoms with Crippen LogP contribution in [0, 0.1) is 5.82 Å². The van der Waals surface area contributed by atoms with Crippen LogP contribution in [0.2, 0.25) is 0 Å². The maximum atomic E-state index is 15.0. The molecule has 0 radical (unpaired) electrons. The molecule has 9 heteroatoms. The Labute approximate surface area is 189 Å². The Morgan fingerprint density at radius 1 is 1.21 bits per heavy atom. The highest BCUT2D eigenvalue weighted by Crippen LogP contribution is 2.32. The van der Waals surface area contributed by atoms with Crippen LogP contribution < -0.4 is 25.1 Å². The molecule has 0 spiro atoms. The standard InChI is InChI=1S/C24H25FN2O6/c1-4-26-13-17(24(29)30)23(28)16-11-18(25)20(12-19(16)26)27-8-7-15(33-27)9-14-5-6-21(31-2)22(10-14)32-3/h5-6,10-13,15H,4,7-9H2,1-3H3,(H,29,30)/p-1/t15-/m1/s1. The summed E-state index contributed by atoms with van der Waals surface area (Å²) >= 11 is 0. The zero-order chi connectivity index (χ0) is 23.7. The largest absolute Gasteiger partial charge is 0.545 e. The first-order valence-electron chi connectivity index (χ1n) is 10.6. The van der Waals surface area contributed by atoms with Crippen LogP contribution in [0.25, 0.3) is 10.9 Å². The lowest BCUT2D eigenvalue weighted by molar-refractivity contribution is -0.255. The van der Waals surface area contributed by atoms with Crippen LogP contribution in [0.5, 0.6) is 11.5 Å². The highest BCUT2D eigenvalue weighted by molar-refractivity contribution is 5.92. The van der Waals surface area contributed by atoms with Crippen molar-refractivity contribution in [2.75, 3.05) is 25.8 Å². The molecule has 4 rings (SSSR count). The van der Waals surface area contributed by atoms with E-state index < -0.39 is 22.8 Å². The number of hydrogen-bond donors (Lipinski definition) is 0. The molecule has 1 atom stereocenters. The van der Waals surface area contributed by atoms with Gasteiger partial charge in [-0.2, -0.15) is 0 Å². The first kappa shape index (κ1) is 22.6. The zero-order valence-electron chi connectivity index (χ0n) is 18.6. The van der Waals surface area contributed by atoms with E-state index >= 15 is 0 Å². The molecule has 0 aliphatic carbocycles. The van der Waals surface area contributed by atoms with Crippen LogP contribution in [0.3, 0.4) is 0 Å². The summed E-state index contributed by atoms with van der Waals surface area (Å²) in [5.41, 5.74) is 0.349. The molecule has 174 valence electrons. The number of methoxy groups -OCH3 is 2. The van der Waals surface area contributed by atoms with Gasteiger partial charge in [-0.05, 0) is 43.2 Å². The maximum Gasteiger partial charge on any atom is 0.198 e. The number of hydroxylamine groups is 1. The molecule has 1 aromatic heterocycles. The molecule has 3 aromatic rings. The van der Waals surface area contributed by atoms with Crippen molar-refractivity contribution in [3.05, 3.63) is 63.7 Å². The number of benzene rings is 2. The number of aromatic carboxylic acids is 1. The molecule has 33 heavy (non-hydrogen) atoms. The molecule has 0 unspecified atom stereocenters. The number of ether oxygens (including phenoxy) is 2. The number of carbonyl (C=O) groups excluding carboxylic acids is 1. The third-order valence-corrected chi connectivity index (χ3v) is 5.82. The average Bonchev–Trinajstić information content (AvgIpc) is 3.27. The minimum atomic E-state index is -1.59. The summed E-state index contributed by atoms with van der Waals surface area (Å²) in [4.78, 5) is 29.8. The van der Waals surface area contributed by atoms with Gasteiger partial charge in [0.2, 0.25) is 0 Å². The van der Waals surface area contributed by atoms with Crippen molar-refractivity contribution in [3.8, 4) is 11.5 Å². The van der Waals surface area contributed by atoms with Crippen molar-refractivity contribution in [2.45, 2.75) is 32.4 Å². The monoisotopic (exact) mass is 455 g/mol. The van der Waals surface area contributed by atoms with Gasteiger partial charge >= 0.3 is 0 Å². The molecule has 0 amide bonds. The number of nitrogens with zero attached hydrogens (tertiary/aromatic N) is 2. The predicted octanol–water partition coefficient (Wildman–Crippen LogP) is 2.29. The van der Waals surface area contributed by atoms with Crippen molar-refractivity contribution >= 4 is 22.6 Å². The van der Waals surface area contributed by atoms with E-state index in [4.69, 9.17) is 14.3 Å². The van der Waals surface area contributed by atoms with Gasteiger partial charge in [0, 0.05) is 31.1 Å². The smallest absolute Gasteiger partial charge is 0.198 e. The molecule has 2 aromatic carbocycles. The number of fused-ring (bicyclic) bond motifs is 1. The van der Waals surface area contributed by atoms with Gasteiger partial charge in [0.25, 0.3) is 0 Å². The second-order valence-corrected chi connectivity index (χ2v) is 7.78. The van der Waals surface area contributed by atoms with Gasteiger partial charge in [0.05, 0.1) is 37.4 Å². The summed E-state index contributed by atoms with van der Waals surface area (Å²) < 4.78 is 27.2. The highest BCUT2D eigenvalue weighted by atomic mass is 19.1. The molecule has 0 saturated carbocycles. The van der Waals surface area contributed by atoms with Gasteiger partial charge in [0.1, 0.15) is 11.5 Å². The second kappa shape index (κ2) is 9.11. The van der Waals surface area contributed by atoms with Gasteiger partial charge in [-0.15, -0.1) is 0 Å². The van der Waals surface area contributed by atoms with Crippen LogP contribution in [0.1, 0.15) is 29.3 Å². The van der Waals surface area contributed by atoms with Crippen LogP contribution >= 0.6 is 0 Å². The lowest BCUT2D eigenvalue weighted by Crippen LogP contribution is -2.30. The number of carboxylic acid groups (broad SMARTS) is 1. The molecule has 8 nitrogen and oxygen atoms in total. The van der Waals surface area contributed by atoms with Crippen molar-refractivity contribution in [1.29, 1.82) is 0 Å². The molecular weight excluding hydrogens is 431 g/mol. The number of aromatic nitrogens is 1. The zero-order valence-corrected chi connectivity index (χ0v) is 18.6. The summed E-state index contributed by atoms with van der Waals surface area (Å²) in [7, 11) is 3.15. The van der Waals surface area contributed by atoms with Gasteiger partial charge in [0.15, 0.2) is 16.9 Å². The van der Waals surface area contributed by atoms with Crippen LogP contribution in [0.15, 0.2) is 41.3 Å². The Kier molecular flexibility index (Phi) is 6.24. The SMILES string of the molecule is CCn1cc(C(=O)[O-])c(=O)c2cc(F)c(N3CC[C@H](Cc4ccc(OC)c(OC)c4)O3)cc21. The first-order chi connectivity index (χ1) is 15.9. The van der Waals surface area contributed by atoms with E-state index in [0.29, 0.717) is 42.9 Å². The van der Waals surface area contributed by atoms with E-state index in [0.717, 1.165) is 11.6 Å². The Hall–Kier alpha value is -3.59. The fourth-order valence-electron chi connectivity index (χ4n) is 4.13. The van der Waals surface area contributed by atoms with Gasteiger partial charge < -0.3 is 23.9 Å². The second-order valence-electron chi connectivity index (χ2n) is 7.78. The molecule has 0 N–H and O–H groups in total. The van der Waals surface area contributed by atoms with E-state index in [-0.39, 0.29) is 17.2 Å². The Bertz CT molecular complexity index is 1270. The topological polar surface area (TPSA) is 93.1 Å². The molecule has 1 saturated heterocycles. The van der Waals surface area contributed by atoms with E-state index in [1.165, 1.54) is 17.3 Å². The Balaban J connectivity index is 1.61. The van der Waals surface area contributed by atoms with Crippen molar-refractivity contribution in [1.82, 2.24) is 4.57 Å². The van der Waals surface area contributed by atoms with E-state index in [1.807, 2.05) is 18.2 Å². The van der Waals surface area contributed by atoms with Crippen molar-refractivity contribution < 1.29 is 28.6 Å². The van der Waals surface area contributed by atoms with Crippen molar-refractivity contribution in [2.24, 2.45) is 0 Å². The summed E-state index contributed by atoms with van der Waals surface area (Å²) in [6, 6.07) is 8.23. The molecular formula is C24H24FN2O6-. The minimum Gasteiger partial charge on any atom is -0.545 e. The maximum absolute atomic E-state index is 15.0. The first-order valence-corrected chi connectivity index (χ1v) is 10.6. The predicted molar refractivity (Wildman–Crippen MR) is 118 cm³/mol. The summed E-state index contributed by atoms with van der Waals surface area (Å²) in [6.45, 7) is 2.66. The number of pyridine rings is 1. The van der Waals surface area contributed by atoms with Gasteiger partial charge in [-0.3, -0.25) is 14.7 Å². The third kappa shape index (κ3) is 4.23. The molecule has 1 fully saturated rings. The number of halogens is 1. The lowest BCUT2D eigenvalue weighted by atomic mass is 10.1. The van der Waals surface area contributed by atoms with E-state index in [9.17, 15) is 19.1 Å². The van der Waals surface area contributed by atoms with Crippen LogP contribution in [-0.4, -0.2) is 37.4 Å². The minimum absolute atomic E-state index is 0.0131. The normalized spacial score (nSPS) is 15.8. The molecule has 1 aliphatic heterocycles. The summed E-state index contributed by atoms with van der Waals surface area (Å²) in [5, 5.41) is 12.8. The number of anilines is 1. The average molecular weight is 455 g/mol. The quantitative estimate of drug-likeness (QED) is 0.540. The molecule has 2 heterocycles.